The summed E-state index contributed by atoms with van der Waals surface area (Å²) in [6, 6.07) is 2.06. The van der Waals surface area contributed by atoms with Crippen molar-refractivity contribution in [2.24, 2.45) is 10.9 Å². The molecule has 1 atom stereocenters. The summed E-state index contributed by atoms with van der Waals surface area (Å²) in [5, 5.41) is 2.32. The monoisotopic (exact) mass is 311 g/mol. The summed E-state index contributed by atoms with van der Waals surface area (Å²) in [4.78, 5) is 31.2. The molecular formula is C14H12F3N3O2. The minimum Gasteiger partial charge on any atom is -0.358 e. The summed E-state index contributed by atoms with van der Waals surface area (Å²) in [5.74, 6) is -2.30. The maximum atomic E-state index is 12.7. The molecular weight excluding hydrogens is 299 g/mol. The van der Waals surface area contributed by atoms with Gasteiger partial charge in [0.1, 0.15) is 11.6 Å². The van der Waals surface area contributed by atoms with Gasteiger partial charge in [0.2, 0.25) is 5.91 Å². The van der Waals surface area contributed by atoms with Crippen LogP contribution in [0.3, 0.4) is 0 Å². The fourth-order valence-electron chi connectivity index (χ4n) is 2.09. The zero-order valence-corrected chi connectivity index (χ0v) is 11.7. The molecule has 0 aromatic carbocycles. The second kappa shape index (κ2) is 5.70. The van der Waals surface area contributed by atoms with Crippen LogP contribution in [0.4, 0.5) is 13.2 Å². The molecule has 2 rings (SSSR count). The van der Waals surface area contributed by atoms with Crippen LogP contribution in [0.25, 0.3) is 5.57 Å². The van der Waals surface area contributed by atoms with E-state index in [2.05, 4.69) is 15.3 Å². The van der Waals surface area contributed by atoms with E-state index in [4.69, 9.17) is 0 Å². The Morgan fingerprint density at radius 2 is 2.05 bits per heavy atom. The molecule has 1 aliphatic rings. The van der Waals surface area contributed by atoms with Crippen LogP contribution in [0, 0.1) is 5.92 Å². The first-order chi connectivity index (χ1) is 10.3. The second-order valence-electron chi connectivity index (χ2n) is 4.62. The van der Waals surface area contributed by atoms with Gasteiger partial charge in [-0.3, -0.25) is 19.6 Å². The molecule has 1 aromatic heterocycles. The van der Waals surface area contributed by atoms with E-state index in [9.17, 15) is 22.8 Å². The van der Waals surface area contributed by atoms with Crippen LogP contribution in [-0.4, -0.2) is 29.9 Å². The highest BCUT2D eigenvalue weighted by Gasteiger charge is 2.35. The number of Topliss-reactive ketones (excluding diaryl/α,β-unsaturated/α-hetero) is 1. The van der Waals surface area contributed by atoms with Crippen LogP contribution in [0.2, 0.25) is 0 Å². The van der Waals surface area contributed by atoms with Crippen molar-refractivity contribution in [2.75, 3.05) is 7.05 Å². The zero-order valence-electron chi connectivity index (χ0n) is 11.7. The van der Waals surface area contributed by atoms with Crippen molar-refractivity contribution < 1.29 is 22.8 Å². The highest BCUT2D eigenvalue weighted by Crippen LogP contribution is 2.32. The minimum absolute atomic E-state index is 0.0102. The van der Waals surface area contributed by atoms with Gasteiger partial charge in [-0.05, 0) is 24.6 Å². The lowest BCUT2D eigenvalue weighted by molar-refractivity contribution is -0.141. The average Bonchev–Trinajstić information content (AvgIpc) is 2.46. The number of hydrogen-bond acceptors (Lipinski definition) is 4. The van der Waals surface area contributed by atoms with Crippen molar-refractivity contribution >= 4 is 23.5 Å². The zero-order chi connectivity index (χ0) is 16.5. The van der Waals surface area contributed by atoms with Crippen LogP contribution in [0.5, 0.6) is 0 Å². The van der Waals surface area contributed by atoms with E-state index in [0.717, 1.165) is 12.3 Å². The molecule has 8 heteroatoms. The Labute approximate surface area is 124 Å². The van der Waals surface area contributed by atoms with E-state index < -0.39 is 29.5 Å². The number of halogens is 3. The number of pyridine rings is 1. The summed E-state index contributed by atoms with van der Waals surface area (Å²) >= 11 is 0. The van der Waals surface area contributed by atoms with Crippen molar-refractivity contribution in [3.8, 4) is 0 Å². The molecule has 1 aliphatic heterocycles. The highest BCUT2D eigenvalue weighted by atomic mass is 19.4. The Kier molecular flexibility index (Phi) is 4.11. The lowest BCUT2D eigenvalue weighted by Gasteiger charge is -2.19. The lowest BCUT2D eigenvalue weighted by Crippen LogP contribution is -2.36. The van der Waals surface area contributed by atoms with Gasteiger partial charge in [-0.15, -0.1) is 0 Å². The largest absolute Gasteiger partial charge is 0.433 e. The Bertz CT molecular complexity index is 693. The van der Waals surface area contributed by atoms with E-state index in [1.165, 1.54) is 26.3 Å². The van der Waals surface area contributed by atoms with Crippen LogP contribution >= 0.6 is 0 Å². The summed E-state index contributed by atoms with van der Waals surface area (Å²) in [6.07, 6.45) is -2.46. The number of nitrogens with zero attached hydrogens (tertiary/aromatic N) is 2. The molecule has 1 amide bonds. The number of alkyl halides is 3. The average molecular weight is 311 g/mol. The molecule has 0 aliphatic carbocycles. The minimum atomic E-state index is -4.62. The van der Waals surface area contributed by atoms with Gasteiger partial charge in [0.25, 0.3) is 0 Å². The van der Waals surface area contributed by atoms with Crippen LogP contribution in [0.15, 0.2) is 29.0 Å². The number of ketones is 1. The first-order valence-corrected chi connectivity index (χ1v) is 6.30. The topological polar surface area (TPSA) is 71.4 Å². The quantitative estimate of drug-likeness (QED) is 0.847. The summed E-state index contributed by atoms with van der Waals surface area (Å²) < 4.78 is 38.2. The molecule has 0 fully saturated rings. The number of nitrogens with one attached hydrogen (secondary N) is 1. The molecule has 1 unspecified atom stereocenters. The Balaban J connectivity index is 2.49. The fraction of sp³-hybridized carbons (Fsp3) is 0.286. The van der Waals surface area contributed by atoms with Gasteiger partial charge in [0.05, 0.1) is 0 Å². The predicted molar refractivity (Wildman–Crippen MR) is 72.9 cm³/mol. The van der Waals surface area contributed by atoms with Crippen molar-refractivity contribution in [1.82, 2.24) is 10.3 Å². The maximum Gasteiger partial charge on any atom is 0.433 e. The molecule has 2 heterocycles. The number of carbonyl (C=O) groups is 2. The normalized spacial score (nSPS) is 18.6. The standard InChI is InChI=1S/C14H12F3N3O2/c1-7-11(12(21)9(6-20-7)13(22)18-2)8-3-4-19-10(5-8)14(15,16)17/h3-6,9H,1-2H3,(H,18,22). The second-order valence-corrected chi connectivity index (χ2v) is 4.62. The Morgan fingerprint density at radius 1 is 1.36 bits per heavy atom. The highest BCUT2D eigenvalue weighted by molar-refractivity contribution is 6.34. The molecule has 1 aromatic rings. The first-order valence-electron chi connectivity index (χ1n) is 6.30. The van der Waals surface area contributed by atoms with Crippen molar-refractivity contribution in [1.29, 1.82) is 0 Å². The smallest absolute Gasteiger partial charge is 0.358 e. The summed E-state index contributed by atoms with van der Waals surface area (Å²) in [5.41, 5.74) is -0.826. The molecule has 0 radical (unpaired) electrons. The molecule has 1 N–H and O–H groups in total. The van der Waals surface area contributed by atoms with Gasteiger partial charge in [-0.1, -0.05) is 0 Å². The summed E-state index contributed by atoms with van der Waals surface area (Å²) in [6.45, 7) is 1.50. The fourth-order valence-corrected chi connectivity index (χ4v) is 2.09. The van der Waals surface area contributed by atoms with Crippen LogP contribution < -0.4 is 5.32 Å². The number of rotatable bonds is 2. The molecule has 0 saturated heterocycles. The first kappa shape index (κ1) is 15.9. The number of aromatic nitrogens is 1. The van der Waals surface area contributed by atoms with E-state index >= 15 is 0 Å². The third-order valence-electron chi connectivity index (χ3n) is 3.18. The third kappa shape index (κ3) is 2.90. The van der Waals surface area contributed by atoms with Gasteiger partial charge >= 0.3 is 6.18 Å². The van der Waals surface area contributed by atoms with Gasteiger partial charge in [0, 0.05) is 30.7 Å². The van der Waals surface area contributed by atoms with E-state index in [-0.39, 0.29) is 16.8 Å². The summed E-state index contributed by atoms with van der Waals surface area (Å²) in [7, 11) is 1.36. The number of amides is 1. The van der Waals surface area contributed by atoms with Gasteiger partial charge in [0.15, 0.2) is 5.78 Å². The number of aliphatic imine (C=N–C) groups is 1. The third-order valence-corrected chi connectivity index (χ3v) is 3.18. The molecule has 0 saturated carbocycles. The van der Waals surface area contributed by atoms with Crippen molar-refractivity contribution in [2.45, 2.75) is 13.1 Å². The maximum absolute atomic E-state index is 12.7. The lowest BCUT2D eigenvalue weighted by atomic mass is 9.89. The van der Waals surface area contributed by atoms with Crippen molar-refractivity contribution in [3.63, 3.8) is 0 Å². The SMILES string of the molecule is CNC(=O)C1C=NC(C)=C(c2ccnc(C(F)(F)F)c2)C1=O. The van der Waals surface area contributed by atoms with Crippen molar-refractivity contribution in [3.05, 3.63) is 35.3 Å². The molecule has 116 valence electrons. The predicted octanol–water partition coefficient (Wildman–Crippen LogP) is 1.85. The Morgan fingerprint density at radius 3 is 2.64 bits per heavy atom. The molecule has 22 heavy (non-hydrogen) atoms. The number of allylic oxidation sites excluding steroid dienone is 2. The van der Waals surface area contributed by atoms with Crippen LogP contribution in [0.1, 0.15) is 18.2 Å². The van der Waals surface area contributed by atoms with Crippen LogP contribution in [-0.2, 0) is 15.8 Å². The number of carbonyl (C=O) groups excluding carboxylic acids is 2. The van der Waals surface area contributed by atoms with E-state index in [1.54, 1.807) is 0 Å². The van der Waals surface area contributed by atoms with E-state index in [0.29, 0.717) is 0 Å². The molecule has 0 bridgehead atoms. The van der Waals surface area contributed by atoms with Gasteiger partial charge in [-0.2, -0.15) is 13.2 Å². The Hall–Kier alpha value is -2.51. The molecule has 5 nitrogen and oxygen atoms in total. The van der Waals surface area contributed by atoms with Gasteiger partial charge in [-0.25, -0.2) is 0 Å². The number of hydrogen-bond donors (Lipinski definition) is 1. The molecule has 0 spiro atoms. The van der Waals surface area contributed by atoms with Gasteiger partial charge < -0.3 is 5.32 Å². The van der Waals surface area contributed by atoms with E-state index in [1.807, 2.05) is 0 Å².